The van der Waals surface area contributed by atoms with E-state index in [-0.39, 0.29) is 17.7 Å². The molecule has 2 amide bonds. The highest BCUT2D eigenvalue weighted by Crippen LogP contribution is 2.22. The third-order valence-corrected chi connectivity index (χ3v) is 7.05. The van der Waals surface area contributed by atoms with Crippen LogP contribution in [0.2, 0.25) is 0 Å². The maximum absolute atomic E-state index is 13.0. The largest absolute Gasteiger partial charge is 0.342 e. The van der Waals surface area contributed by atoms with Crippen molar-refractivity contribution in [1.29, 1.82) is 0 Å². The van der Waals surface area contributed by atoms with Crippen LogP contribution in [-0.4, -0.2) is 82.5 Å². The number of hydrogen-bond donors (Lipinski definition) is 0. The standard InChI is InChI=1S/C22H31N5O3S/c1-2-20(28)27-10-3-6-17(16-27)22(29)26-13-11-25(12-14-26)9-4-8-19-23-21(24-30-19)18-7-5-15-31-18/h5,7,15,17H,2-4,6,8-14,16H2,1H3. The minimum absolute atomic E-state index is 0.0362. The third kappa shape index (κ3) is 5.51. The molecule has 9 heteroatoms. The van der Waals surface area contributed by atoms with Gasteiger partial charge in [-0.3, -0.25) is 14.5 Å². The molecule has 2 aromatic heterocycles. The molecule has 8 nitrogen and oxygen atoms in total. The second-order valence-electron chi connectivity index (χ2n) is 8.29. The van der Waals surface area contributed by atoms with Crippen LogP contribution in [0.5, 0.6) is 0 Å². The molecule has 168 valence electrons. The van der Waals surface area contributed by atoms with Crippen molar-refractivity contribution in [3.05, 3.63) is 23.4 Å². The minimum atomic E-state index is -0.0362. The maximum atomic E-state index is 13.0. The Labute approximate surface area is 187 Å². The Kier molecular flexibility index (Phi) is 7.34. The number of amides is 2. The van der Waals surface area contributed by atoms with Crippen molar-refractivity contribution >= 4 is 23.2 Å². The van der Waals surface area contributed by atoms with E-state index in [9.17, 15) is 9.59 Å². The van der Waals surface area contributed by atoms with Crippen molar-refractivity contribution in [2.45, 2.75) is 39.0 Å². The smallest absolute Gasteiger partial charge is 0.227 e. The van der Waals surface area contributed by atoms with E-state index in [4.69, 9.17) is 4.52 Å². The highest BCUT2D eigenvalue weighted by Gasteiger charge is 2.32. The Morgan fingerprint density at radius 2 is 2.03 bits per heavy atom. The van der Waals surface area contributed by atoms with Gasteiger partial charge in [-0.25, -0.2) is 0 Å². The van der Waals surface area contributed by atoms with E-state index >= 15 is 0 Å². The highest BCUT2D eigenvalue weighted by atomic mass is 32.1. The zero-order chi connectivity index (χ0) is 21.6. The molecule has 0 aliphatic carbocycles. The summed E-state index contributed by atoms with van der Waals surface area (Å²) in [7, 11) is 0. The average molecular weight is 446 g/mol. The molecule has 4 rings (SSSR count). The Balaban J connectivity index is 1.18. The van der Waals surface area contributed by atoms with Crippen LogP contribution < -0.4 is 0 Å². The van der Waals surface area contributed by atoms with Gasteiger partial charge in [-0.05, 0) is 37.3 Å². The van der Waals surface area contributed by atoms with Gasteiger partial charge in [0.05, 0.1) is 10.8 Å². The number of carbonyl (C=O) groups excluding carboxylic acids is 2. The lowest BCUT2D eigenvalue weighted by atomic mass is 9.96. The monoisotopic (exact) mass is 445 g/mol. The van der Waals surface area contributed by atoms with Gasteiger partial charge < -0.3 is 14.3 Å². The number of piperidine rings is 1. The van der Waals surface area contributed by atoms with Crippen molar-refractivity contribution in [3.8, 4) is 10.7 Å². The Bertz CT molecular complexity index is 860. The molecule has 1 unspecified atom stereocenters. The molecule has 2 aliphatic heterocycles. The summed E-state index contributed by atoms with van der Waals surface area (Å²) in [4.78, 5) is 36.7. The zero-order valence-electron chi connectivity index (χ0n) is 18.2. The number of hydrogen-bond acceptors (Lipinski definition) is 7. The SMILES string of the molecule is CCC(=O)N1CCCC(C(=O)N2CCN(CCCc3nc(-c4cccs4)no3)CC2)C1. The molecule has 4 heterocycles. The van der Waals surface area contributed by atoms with Crippen molar-refractivity contribution in [3.63, 3.8) is 0 Å². The number of piperazine rings is 1. The number of aromatic nitrogens is 2. The van der Waals surface area contributed by atoms with Crippen LogP contribution in [0, 0.1) is 5.92 Å². The zero-order valence-corrected chi connectivity index (χ0v) is 19.0. The van der Waals surface area contributed by atoms with Gasteiger partial charge in [-0.15, -0.1) is 11.3 Å². The first-order chi connectivity index (χ1) is 15.1. The van der Waals surface area contributed by atoms with E-state index in [0.717, 1.165) is 69.8 Å². The van der Waals surface area contributed by atoms with Gasteiger partial charge in [0, 0.05) is 52.1 Å². The summed E-state index contributed by atoms with van der Waals surface area (Å²) in [6.07, 6.45) is 4.05. The molecule has 1 atom stereocenters. The Hall–Kier alpha value is -2.26. The quantitative estimate of drug-likeness (QED) is 0.651. The molecule has 0 bridgehead atoms. The first-order valence-electron chi connectivity index (χ1n) is 11.3. The van der Waals surface area contributed by atoms with Crippen LogP contribution in [0.1, 0.15) is 38.5 Å². The van der Waals surface area contributed by atoms with E-state index < -0.39 is 0 Å². The van der Waals surface area contributed by atoms with E-state index in [1.807, 2.05) is 34.2 Å². The van der Waals surface area contributed by atoms with Gasteiger partial charge >= 0.3 is 0 Å². The van der Waals surface area contributed by atoms with Gasteiger partial charge in [0.1, 0.15) is 0 Å². The van der Waals surface area contributed by atoms with Crippen LogP contribution in [0.15, 0.2) is 22.0 Å². The third-order valence-electron chi connectivity index (χ3n) is 6.18. The molecule has 0 saturated carbocycles. The molecule has 0 aromatic carbocycles. The summed E-state index contributed by atoms with van der Waals surface area (Å²) in [5.74, 6) is 1.69. The number of carbonyl (C=O) groups is 2. The topological polar surface area (TPSA) is 82.8 Å². The average Bonchev–Trinajstić information content (AvgIpc) is 3.51. The number of aryl methyl sites for hydroxylation is 1. The number of thiophene rings is 1. The minimum Gasteiger partial charge on any atom is -0.342 e. The van der Waals surface area contributed by atoms with Crippen molar-refractivity contribution in [2.24, 2.45) is 5.92 Å². The fourth-order valence-corrected chi connectivity index (χ4v) is 5.04. The molecular formula is C22H31N5O3S. The summed E-state index contributed by atoms with van der Waals surface area (Å²) >= 11 is 1.61. The second-order valence-corrected chi connectivity index (χ2v) is 9.24. The normalized spacial score (nSPS) is 20.2. The summed E-state index contributed by atoms with van der Waals surface area (Å²) < 4.78 is 5.37. The molecule has 2 fully saturated rings. The van der Waals surface area contributed by atoms with Gasteiger partial charge in [-0.1, -0.05) is 18.1 Å². The van der Waals surface area contributed by atoms with E-state index in [1.54, 1.807) is 11.3 Å². The van der Waals surface area contributed by atoms with Crippen LogP contribution in [0.3, 0.4) is 0 Å². The summed E-state index contributed by atoms with van der Waals surface area (Å²) in [6, 6.07) is 3.97. The molecule has 0 radical (unpaired) electrons. The predicted octanol–water partition coefficient (Wildman–Crippen LogP) is 2.52. The lowest BCUT2D eigenvalue weighted by Crippen LogP contribution is -2.53. The predicted molar refractivity (Wildman–Crippen MR) is 119 cm³/mol. The molecule has 2 saturated heterocycles. The van der Waals surface area contributed by atoms with Gasteiger partial charge in [-0.2, -0.15) is 4.98 Å². The fourth-order valence-electron chi connectivity index (χ4n) is 4.40. The summed E-state index contributed by atoms with van der Waals surface area (Å²) in [5.41, 5.74) is 0. The van der Waals surface area contributed by atoms with Crippen LogP contribution in [0.25, 0.3) is 10.7 Å². The number of rotatable bonds is 7. The molecule has 2 aromatic rings. The first kappa shape index (κ1) is 22.0. The summed E-state index contributed by atoms with van der Waals surface area (Å²) in [5, 5.41) is 6.07. The lowest BCUT2D eigenvalue weighted by molar-refractivity contribution is -0.142. The van der Waals surface area contributed by atoms with Crippen LogP contribution >= 0.6 is 11.3 Å². The molecular weight excluding hydrogens is 414 g/mol. The molecule has 0 spiro atoms. The highest BCUT2D eigenvalue weighted by molar-refractivity contribution is 7.13. The Morgan fingerprint density at radius 1 is 1.19 bits per heavy atom. The first-order valence-corrected chi connectivity index (χ1v) is 12.2. The molecule has 0 N–H and O–H groups in total. The lowest BCUT2D eigenvalue weighted by Gasteiger charge is -2.39. The van der Waals surface area contributed by atoms with Crippen molar-refractivity contribution in [1.82, 2.24) is 24.8 Å². The van der Waals surface area contributed by atoms with E-state index in [1.165, 1.54) is 0 Å². The van der Waals surface area contributed by atoms with Gasteiger partial charge in [0.2, 0.25) is 23.5 Å². The Morgan fingerprint density at radius 3 is 2.77 bits per heavy atom. The van der Waals surface area contributed by atoms with E-state index in [0.29, 0.717) is 24.7 Å². The second kappa shape index (κ2) is 10.4. The van der Waals surface area contributed by atoms with E-state index in [2.05, 4.69) is 15.0 Å². The van der Waals surface area contributed by atoms with Gasteiger partial charge in [0.15, 0.2) is 0 Å². The molecule has 2 aliphatic rings. The number of likely N-dealkylation sites (tertiary alicyclic amines) is 1. The summed E-state index contributed by atoms with van der Waals surface area (Å²) in [6.45, 7) is 7.53. The van der Waals surface area contributed by atoms with Crippen molar-refractivity contribution in [2.75, 3.05) is 45.8 Å². The molecule has 31 heavy (non-hydrogen) atoms. The fraction of sp³-hybridized carbons (Fsp3) is 0.636. The maximum Gasteiger partial charge on any atom is 0.227 e. The number of nitrogens with zero attached hydrogens (tertiary/aromatic N) is 5. The van der Waals surface area contributed by atoms with Crippen LogP contribution in [-0.2, 0) is 16.0 Å². The van der Waals surface area contributed by atoms with Gasteiger partial charge in [0.25, 0.3) is 0 Å². The van der Waals surface area contributed by atoms with Crippen molar-refractivity contribution < 1.29 is 14.1 Å². The van der Waals surface area contributed by atoms with Crippen LogP contribution in [0.4, 0.5) is 0 Å².